The van der Waals surface area contributed by atoms with Crippen molar-refractivity contribution in [3.05, 3.63) is 52.3 Å². The summed E-state index contributed by atoms with van der Waals surface area (Å²) in [4.78, 5) is 15.3. The Morgan fingerprint density at radius 1 is 1.14 bits per heavy atom. The van der Waals surface area contributed by atoms with Crippen LogP contribution in [0.15, 0.2) is 30.3 Å². The number of benzene rings is 1. The normalized spacial score (nSPS) is 17.6. The molecule has 3 rings (SSSR count). The molecular formula is C28H43ClN2O5. The van der Waals surface area contributed by atoms with E-state index >= 15 is 0 Å². The van der Waals surface area contributed by atoms with Gasteiger partial charge in [-0.2, -0.15) is 0 Å². The third kappa shape index (κ3) is 10.4. The predicted octanol–water partition coefficient (Wildman–Crippen LogP) is 5.26. The number of aromatic nitrogens is 1. The van der Waals surface area contributed by atoms with E-state index in [1.807, 2.05) is 33.0 Å². The smallest absolute Gasteiger partial charge is 0.150 e. The Balaban J connectivity index is 0.000000391. The summed E-state index contributed by atoms with van der Waals surface area (Å²) in [6.07, 6.45) is 7.62. The standard InChI is InChI=1S/C17H18ClNO3.C10H21NO.CH4O/c1-4-13-6-8-16(21-3)17(19-13)11(2)22-15-7-5-12(10-20)9-14(15)18;1-11-8-10-4-2-9(3-5-10)6-7-12;1-2/h5-11H,4H2,1-3H3;9-12H,2-8H2,1H3;2H,1H3/t11-;;/m1../s1. The number of carbonyl (C=O) groups excluding carboxylic acids is 1. The second-order valence-electron chi connectivity index (χ2n) is 8.77. The fourth-order valence-corrected chi connectivity index (χ4v) is 4.53. The molecule has 8 heteroatoms. The van der Waals surface area contributed by atoms with Crippen LogP contribution in [0, 0.1) is 11.8 Å². The molecular weight excluding hydrogens is 480 g/mol. The van der Waals surface area contributed by atoms with Gasteiger partial charge in [-0.05, 0) is 88.4 Å². The molecule has 0 bridgehead atoms. The lowest BCUT2D eigenvalue weighted by Gasteiger charge is -2.27. The predicted molar refractivity (Wildman–Crippen MR) is 145 cm³/mol. The summed E-state index contributed by atoms with van der Waals surface area (Å²) in [6, 6.07) is 8.73. The van der Waals surface area contributed by atoms with Gasteiger partial charge in [0.05, 0.1) is 12.1 Å². The zero-order valence-electron chi connectivity index (χ0n) is 22.3. The Morgan fingerprint density at radius 3 is 2.31 bits per heavy atom. The van der Waals surface area contributed by atoms with E-state index in [1.165, 1.54) is 32.2 Å². The number of methoxy groups -OCH3 is 1. The van der Waals surface area contributed by atoms with Crippen molar-refractivity contribution >= 4 is 17.9 Å². The van der Waals surface area contributed by atoms with Crippen molar-refractivity contribution < 1.29 is 24.5 Å². The number of aldehydes is 1. The van der Waals surface area contributed by atoms with Crippen LogP contribution >= 0.6 is 11.6 Å². The third-order valence-electron chi connectivity index (χ3n) is 6.30. The van der Waals surface area contributed by atoms with Gasteiger partial charge in [-0.3, -0.25) is 9.78 Å². The Kier molecular flexibility index (Phi) is 16.0. The highest BCUT2D eigenvalue weighted by molar-refractivity contribution is 6.32. The molecule has 0 spiro atoms. The molecule has 1 fully saturated rings. The molecule has 0 saturated heterocycles. The topological polar surface area (TPSA) is 101 Å². The first-order valence-electron chi connectivity index (χ1n) is 12.6. The van der Waals surface area contributed by atoms with Gasteiger partial charge < -0.3 is 25.0 Å². The molecule has 0 amide bonds. The summed E-state index contributed by atoms with van der Waals surface area (Å²) in [7, 11) is 4.63. The number of hydrogen-bond acceptors (Lipinski definition) is 7. The fourth-order valence-electron chi connectivity index (χ4n) is 4.29. The first-order valence-corrected chi connectivity index (χ1v) is 13.0. The second-order valence-corrected chi connectivity index (χ2v) is 9.18. The van der Waals surface area contributed by atoms with Crippen LogP contribution in [0.5, 0.6) is 11.5 Å². The Labute approximate surface area is 221 Å². The minimum absolute atomic E-state index is 0.332. The maximum Gasteiger partial charge on any atom is 0.150 e. The Hall–Kier alpha value is -2.19. The molecule has 2 aromatic rings. The minimum Gasteiger partial charge on any atom is -0.495 e. The van der Waals surface area contributed by atoms with Gasteiger partial charge in [0.15, 0.2) is 0 Å². The minimum atomic E-state index is -0.332. The fraction of sp³-hybridized carbons (Fsp3) is 0.571. The van der Waals surface area contributed by atoms with Crippen molar-refractivity contribution in [3.8, 4) is 11.5 Å². The van der Waals surface area contributed by atoms with E-state index in [0.29, 0.717) is 28.7 Å². The molecule has 0 radical (unpaired) electrons. The number of aliphatic hydroxyl groups excluding tert-OH is 2. The van der Waals surface area contributed by atoms with Gasteiger partial charge in [0.25, 0.3) is 0 Å². The summed E-state index contributed by atoms with van der Waals surface area (Å²) < 4.78 is 11.2. The van der Waals surface area contributed by atoms with Crippen LogP contribution in [-0.4, -0.2) is 55.9 Å². The van der Waals surface area contributed by atoms with E-state index < -0.39 is 0 Å². The van der Waals surface area contributed by atoms with Gasteiger partial charge in [-0.1, -0.05) is 31.4 Å². The molecule has 1 atom stereocenters. The number of pyridine rings is 1. The van der Waals surface area contributed by atoms with E-state index in [9.17, 15) is 4.79 Å². The maximum atomic E-state index is 10.7. The number of aryl methyl sites for hydroxylation is 1. The molecule has 1 aromatic heterocycles. The highest BCUT2D eigenvalue weighted by Gasteiger charge is 2.20. The Bertz CT molecular complexity index is 874. The van der Waals surface area contributed by atoms with Crippen molar-refractivity contribution in [2.24, 2.45) is 11.8 Å². The average molecular weight is 523 g/mol. The monoisotopic (exact) mass is 522 g/mol. The number of carbonyl (C=O) groups is 1. The molecule has 1 aromatic carbocycles. The summed E-state index contributed by atoms with van der Waals surface area (Å²) >= 11 is 6.14. The number of ether oxygens (including phenoxy) is 2. The molecule has 1 aliphatic rings. The molecule has 1 heterocycles. The van der Waals surface area contributed by atoms with E-state index in [4.69, 9.17) is 31.3 Å². The van der Waals surface area contributed by atoms with E-state index in [1.54, 1.807) is 25.3 Å². The van der Waals surface area contributed by atoms with Crippen LogP contribution in [-0.2, 0) is 6.42 Å². The average Bonchev–Trinajstić information content (AvgIpc) is 2.92. The van der Waals surface area contributed by atoms with Gasteiger partial charge in [0.2, 0.25) is 0 Å². The molecule has 3 N–H and O–H groups in total. The van der Waals surface area contributed by atoms with Crippen LogP contribution in [0.1, 0.15) is 73.8 Å². The molecule has 1 saturated carbocycles. The molecule has 0 aliphatic heterocycles. The van der Waals surface area contributed by atoms with E-state index in [0.717, 1.165) is 49.5 Å². The molecule has 202 valence electrons. The quantitative estimate of drug-likeness (QED) is 0.366. The van der Waals surface area contributed by atoms with Gasteiger partial charge in [0, 0.05) is 25.0 Å². The van der Waals surface area contributed by atoms with Gasteiger partial charge in [-0.15, -0.1) is 0 Å². The van der Waals surface area contributed by atoms with Crippen LogP contribution in [0.2, 0.25) is 5.02 Å². The maximum absolute atomic E-state index is 10.7. The van der Waals surface area contributed by atoms with Crippen molar-refractivity contribution in [2.45, 2.75) is 58.5 Å². The lowest BCUT2D eigenvalue weighted by Crippen LogP contribution is -2.24. The summed E-state index contributed by atoms with van der Waals surface area (Å²) in [6.45, 7) is 5.47. The number of nitrogens with one attached hydrogen (secondary N) is 1. The van der Waals surface area contributed by atoms with Crippen LogP contribution < -0.4 is 14.8 Å². The lowest BCUT2D eigenvalue weighted by atomic mass is 9.81. The second kappa shape index (κ2) is 18.1. The van der Waals surface area contributed by atoms with E-state index in [-0.39, 0.29) is 6.10 Å². The third-order valence-corrected chi connectivity index (χ3v) is 6.60. The van der Waals surface area contributed by atoms with Crippen molar-refractivity contribution in [1.29, 1.82) is 0 Å². The molecule has 36 heavy (non-hydrogen) atoms. The van der Waals surface area contributed by atoms with Crippen molar-refractivity contribution in [1.82, 2.24) is 10.3 Å². The van der Waals surface area contributed by atoms with Crippen LogP contribution in [0.3, 0.4) is 0 Å². The number of nitrogens with zero attached hydrogens (tertiary/aromatic N) is 1. The zero-order chi connectivity index (χ0) is 26.9. The molecule has 0 unspecified atom stereocenters. The van der Waals surface area contributed by atoms with Crippen LogP contribution in [0.25, 0.3) is 0 Å². The Morgan fingerprint density at radius 2 is 1.78 bits per heavy atom. The van der Waals surface area contributed by atoms with Gasteiger partial charge in [-0.25, -0.2) is 0 Å². The summed E-state index contributed by atoms with van der Waals surface area (Å²) in [5.74, 6) is 2.88. The number of rotatable bonds is 10. The van der Waals surface area contributed by atoms with E-state index in [2.05, 4.69) is 10.3 Å². The first-order chi connectivity index (χ1) is 17.4. The highest BCUT2D eigenvalue weighted by Crippen LogP contribution is 2.32. The largest absolute Gasteiger partial charge is 0.495 e. The summed E-state index contributed by atoms with van der Waals surface area (Å²) in [5.41, 5.74) is 2.19. The number of hydrogen-bond donors (Lipinski definition) is 3. The first kappa shape index (κ1) is 31.8. The number of aliphatic hydroxyl groups is 2. The molecule has 7 nitrogen and oxygen atoms in total. The summed E-state index contributed by atoms with van der Waals surface area (Å²) in [5, 5.41) is 19.4. The van der Waals surface area contributed by atoms with Crippen molar-refractivity contribution in [3.63, 3.8) is 0 Å². The lowest BCUT2D eigenvalue weighted by molar-refractivity contribution is 0.112. The zero-order valence-corrected chi connectivity index (χ0v) is 23.1. The van der Waals surface area contributed by atoms with Crippen LogP contribution in [0.4, 0.5) is 0 Å². The SMILES string of the molecule is CCc1ccc(OC)c([C@@H](C)Oc2ccc(C=O)cc2Cl)n1.CNCC1CCC(CCO)CC1.CO. The highest BCUT2D eigenvalue weighted by atomic mass is 35.5. The van der Waals surface area contributed by atoms with Gasteiger partial charge in [0.1, 0.15) is 29.6 Å². The van der Waals surface area contributed by atoms with Crippen molar-refractivity contribution in [2.75, 3.05) is 34.4 Å². The molecule has 1 aliphatic carbocycles. The number of halogens is 1. The van der Waals surface area contributed by atoms with Gasteiger partial charge >= 0.3 is 0 Å².